The molecule has 0 spiro atoms. The Kier molecular flexibility index (Phi) is 5.58. The number of hydrogen-bond donors (Lipinski definition) is 1. The number of ether oxygens (including phenoxy) is 1. The molecule has 2 aliphatic rings. The van der Waals surface area contributed by atoms with Gasteiger partial charge in [-0.2, -0.15) is 0 Å². The van der Waals surface area contributed by atoms with Crippen LogP contribution < -0.4 is 5.32 Å². The van der Waals surface area contributed by atoms with Crippen molar-refractivity contribution in [2.24, 2.45) is 0 Å². The van der Waals surface area contributed by atoms with Gasteiger partial charge >= 0.3 is 6.03 Å². The lowest BCUT2D eigenvalue weighted by molar-refractivity contribution is -0.142. The molecule has 0 aliphatic carbocycles. The fourth-order valence-electron chi connectivity index (χ4n) is 3.26. The molecule has 25 heavy (non-hydrogen) atoms. The molecule has 0 unspecified atom stereocenters. The number of hydrogen-bond acceptors (Lipinski definition) is 3. The van der Waals surface area contributed by atoms with Gasteiger partial charge in [-0.05, 0) is 36.5 Å². The Labute approximate surface area is 149 Å². The number of amides is 3. The number of benzene rings is 1. The van der Waals surface area contributed by atoms with Crippen molar-refractivity contribution in [3.63, 3.8) is 0 Å². The lowest BCUT2D eigenvalue weighted by Gasteiger charge is -2.35. The van der Waals surface area contributed by atoms with E-state index in [1.165, 1.54) is 5.56 Å². The van der Waals surface area contributed by atoms with Gasteiger partial charge in [-0.15, -0.1) is 0 Å². The minimum absolute atomic E-state index is 0.0711. The van der Waals surface area contributed by atoms with Crippen LogP contribution in [-0.4, -0.2) is 60.6 Å². The van der Waals surface area contributed by atoms with Gasteiger partial charge < -0.3 is 19.9 Å². The van der Waals surface area contributed by atoms with Gasteiger partial charge in [0, 0.05) is 38.5 Å². The summed E-state index contributed by atoms with van der Waals surface area (Å²) >= 11 is 0. The highest BCUT2D eigenvalue weighted by molar-refractivity contribution is 5.89. The number of nitrogens with one attached hydrogen (secondary N) is 1. The van der Waals surface area contributed by atoms with Crippen LogP contribution in [0.4, 0.5) is 10.5 Å². The van der Waals surface area contributed by atoms with Gasteiger partial charge in [-0.3, -0.25) is 4.79 Å². The number of nitrogens with zero attached hydrogens (tertiary/aromatic N) is 2. The Bertz CT molecular complexity index is 601. The van der Waals surface area contributed by atoms with Gasteiger partial charge in [0.25, 0.3) is 5.91 Å². The third kappa shape index (κ3) is 4.31. The van der Waals surface area contributed by atoms with Crippen LogP contribution in [-0.2, 0) is 9.53 Å². The lowest BCUT2D eigenvalue weighted by atomic mass is 10.0. The molecule has 1 atom stereocenters. The summed E-state index contributed by atoms with van der Waals surface area (Å²) in [6.45, 7) is 7.20. The van der Waals surface area contributed by atoms with Crippen LogP contribution >= 0.6 is 0 Å². The topological polar surface area (TPSA) is 61.9 Å². The SMILES string of the molecule is CC(C)c1ccc(NC(=O)N2CCN(C(=O)[C@@H]3CCCO3)CC2)cc1. The van der Waals surface area contributed by atoms with Crippen LogP contribution in [0.25, 0.3) is 0 Å². The summed E-state index contributed by atoms with van der Waals surface area (Å²) in [5.74, 6) is 0.543. The summed E-state index contributed by atoms with van der Waals surface area (Å²) in [6, 6.07) is 7.84. The quantitative estimate of drug-likeness (QED) is 0.916. The zero-order valence-electron chi connectivity index (χ0n) is 15.0. The van der Waals surface area contributed by atoms with Gasteiger partial charge in [0.15, 0.2) is 0 Å². The van der Waals surface area contributed by atoms with Crippen molar-refractivity contribution in [3.8, 4) is 0 Å². The van der Waals surface area contributed by atoms with Crippen LogP contribution in [0.1, 0.15) is 38.2 Å². The maximum Gasteiger partial charge on any atom is 0.321 e. The van der Waals surface area contributed by atoms with E-state index in [0.29, 0.717) is 38.7 Å². The Morgan fingerprint density at radius 3 is 2.28 bits per heavy atom. The van der Waals surface area contributed by atoms with E-state index in [4.69, 9.17) is 4.74 Å². The first-order valence-electron chi connectivity index (χ1n) is 9.11. The normalized spacial score (nSPS) is 20.8. The van der Waals surface area contributed by atoms with Gasteiger partial charge in [-0.1, -0.05) is 26.0 Å². The largest absolute Gasteiger partial charge is 0.368 e. The van der Waals surface area contributed by atoms with E-state index in [9.17, 15) is 9.59 Å². The zero-order chi connectivity index (χ0) is 17.8. The van der Waals surface area contributed by atoms with Crippen LogP contribution in [0.5, 0.6) is 0 Å². The highest BCUT2D eigenvalue weighted by Gasteiger charge is 2.31. The molecular formula is C19H27N3O3. The van der Waals surface area contributed by atoms with E-state index in [2.05, 4.69) is 19.2 Å². The van der Waals surface area contributed by atoms with E-state index in [-0.39, 0.29) is 18.0 Å². The van der Waals surface area contributed by atoms with Crippen molar-refractivity contribution in [3.05, 3.63) is 29.8 Å². The highest BCUT2D eigenvalue weighted by Crippen LogP contribution is 2.18. The molecule has 3 amide bonds. The second kappa shape index (κ2) is 7.87. The highest BCUT2D eigenvalue weighted by atomic mass is 16.5. The fraction of sp³-hybridized carbons (Fsp3) is 0.579. The number of anilines is 1. The Morgan fingerprint density at radius 1 is 1.08 bits per heavy atom. The molecule has 136 valence electrons. The third-order valence-electron chi connectivity index (χ3n) is 4.91. The standard InChI is InChI=1S/C19H27N3O3/c1-14(2)15-5-7-16(8-6-15)20-19(24)22-11-9-21(10-12-22)18(23)17-4-3-13-25-17/h5-8,14,17H,3-4,9-13H2,1-2H3,(H,20,24)/t17-/m0/s1. The molecule has 6 nitrogen and oxygen atoms in total. The summed E-state index contributed by atoms with van der Waals surface area (Å²) in [6.07, 6.45) is 1.49. The van der Waals surface area contributed by atoms with Gasteiger partial charge in [0.05, 0.1) is 0 Å². The summed E-state index contributed by atoms with van der Waals surface area (Å²) in [4.78, 5) is 28.3. The number of carbonyl (C=O) groups excluding carboxylic acids is 2. The van der Waals surface area contributed by atoms with Crippen LogP contribution in [0.2, 0.25) is 0 Å². The number of rotatable bonds is 3. The molecule has 3 rings (SSSR count). The molecule has 0 saturated carbocycles. The van der Waals surface area contributed by atoms with Crippen molar-refractivity contribution >= 4 is 17.6 Å². The van der Waals surface area contributed by atoms with Crippen molar-refractivity contribution in [1.29, 1.82) is 0 Å². The van der Waals surface area contributed by atoms with Crippen molar-refractivity contribution < 1.29 is 14.3 Å². The molecule has 1 aromatic rings. The number of urea groups is 1. The Balaban J connectivity index is 1.48. The number of piperazine rings is 1. The van der Waals surface area contributed by atoms with Crippen molar-refractivity contribution in [2.75, 3.05) is 38.1 Å². The minimum Gasteiger partial charge on any atom is -0.368 e. The summed E-state index contributed by atoms with van der Waals surface area (Å²) in [5.41, 5.74) is 2.05. The molecule has 2 aliphatic heterocycles. The average Bonchev–Trinajstić information content (AvgIpc) is 3.16. The van der Waals surface area contributed by atoms with Crippen LogP contribution in [0.15, 0.2) is 24.3 Å². The van der Waals surface area contributed by atoms with Gasteiger partial charge in [0.1, 0.15) is 6.10 Å². The zero-order valence-corrected chi connectivity index (χ0v) is 15.0. The van der Waals surface area contributed by atoms with Crippen LogP contribution in [0, 0.1) is 0 Å². The van der Waals surface area contributed by atoms with Gasteiger partial charge in [-0.25, -0.2) is 4.79 Å². The third-order valence-corrected chi connectivity index (χ3v) is 4.91. The molecule has 1 aromatic carbocycles. The molecule has 6 heteroatoms. The molecule has 0 radical (unpaired) electrons. The summed E-state index contributed by atoms with van der Waals surface area (Å²) < 4.78 is 5.46. The summed E-state index contributed by atoms with van der Waals surface area (Å²) in [7, 11) is 0. The van der Waals surface area contributed by atoms with Crippen molar-refractivity contribution in [1.82, 2.24) is 9.80 Å². The average molecular weight is 345 g/mol. The van der Waals surface area contributed by atoms with E-state index in [1.807, 2.05) is 29.2 Å². The predicted octanol–water partition coefficient (Wildman–Crippen LogP) is 2.67. The van der Waals surface area contributed by atoms with E-state index in [1.54, 1.807) is 4.90 Å². The summed E-state index contributed by atoms with van der Waals surface area (Å²) in [5, 5.41) is 2.94. The molecule has 0 aromatic heterocycles. The maximum atomic E-state index is 12.4. The first-order valence-corrected chi connectivity index (χ1v) is 9.11. The second-order valence-electron chi connectivity index (χ2n) is 7.02. The second-order valence-corrected chi connectivity index (χ2v) is 7.02. The number of carbonyl (C=O) groups is 2. The Hall–Kier alpha value is -2.08. The lowest BCUT2D eigenvalue weighted by Crippen LogP contribution is -2.53. The maximum absolute atomic E-state index is 12.4. The smallest absolute Gasteiger partial charge is 0.321 e. The molecule has 2 heterocycles. The predicted molar refractivity (Wildman–Crippen MR) is 96.7 cm³/mol. The van der Waals surface area contributed by atoms with E-state index >= 15 is 0 Å². The Morgan fingerprint density at radius 2 is 1.72 bits per heavy atom. The molecule has 1 N–H and O–H groups in total. The first-order chi connectivity index (χ1) is 12.0. The molecular weight excluding hydrogens is 318 g/mol. The monoisotopic (exact) mass is 345 g/mol. The molecule has 2 saturated heterocycles. The van der Waals surface area contributed by atoms with E-state index in [0.717, 1.165) is 18.5 Å². The van der Waals surface area contributed by atoms with Gasteiger partial charge in [0.2, 0.25) is 0 Å². The molecule has 2 fully saturated rings. The van der Waals surface area contributed by atoms with E-state index < -0.39 is 0 Å². The first kappa shape index (κ1) is 17.7. The molecule has 0 bridgehead atoms. The minimum atomic E-state index is -0.278. The van der Waals surface area contributed by atoms with Crippen LogP contribution in [0.3, 0.4) is 0 Å². The fourth-order valence-corrected chi connectivity index (χ4v) is 3.26. The van der Waals surface area contributed by atoms with Crippen molar-refractivity contribution in [2.45, 2.75) is 38.7 Å².